The summed E-state index contributed by atoms with van der Waals surface area (Å²) in [5.41, 5.74) is 2.00. The Balaban J connectivity index is 1.45. The molecule has 0 bridgehead atoms. The summed E-state index contributed by atoms with van der Waals surface area (Å²) in [5, 5.41) is 3.18. The van der Waals surface area contributed by atoms with E-state index >= 15 is 0 Å². The molecule has 2 aliphatic rings. The van der Waals surface area contributed by atoms with Crippen molar-refractivity contribution in [3.05, 3.63) is 60.3 Å². The number of nitrogens with one attached hydrogen (secondary N) is 1. The number of hydrogen-bond acceptors (Lipinski definition) is 8. The van der Waals surface area contributed by atoms with E-state index in [0.717, 1.165) is 30.8 Å². The molecule has 5 rings (SSSR count). The van der Waals surface area contributed by atoms with Crippen molar-refractivity contribution in [1.82, 2.24) is 19.9 Å². The van der Waals surface area contributed by atoms with Crippen molar-refractivity contribution in [2.75, 3.05) is 47.9 Å². The molecule has 1 atom stereocenters. The van der Waals surface area contributed by atoms with Crippen LogP contribution in [0.15, 0.2) is 48.7 Å². The third kappa shape index (κ3) is 6.04. The fourth-order valence-corrected chi connectivity index (χ4v) is 5.92. The lowest BCUT2D eigenvalue weighted by molar-refractivity contribution is -0.130. The number of likely N-dealkylation sites (tertiary alicyclic amines) is 1. The van der Waals surface area contributed by atoms with Gasteiger partial charge in [0.1, 0.15) is 23.3 Å². The molecule has 1 unspecified atom stereocenters. The summed E-state index contributed by atoms with van der Waals surface area (Å²) in [6.07, 6.45) is 3.45. The first-order valence-electron chi connectivity index (χ1n) is 12.3. The largest absolute Gasteiger partial charge is 0.355 e. The average Bonchev–Trinajstić information content (AvgIpc) is 2.89. The molecule has 0 saturated carbocycles. The van der Waals surface area contributed by atoms with Gasteiger partial charge in [-0.15, -0.1) is 0 Å². The number of benzene rings is 1. The number of hydrogen-bond donors (Lipinski definition) is 1. The number of halogens is 1. The molecule has 1 N–H and O–H groups in total. The second-order valence-corrected chi connectivity index (χ2v) is 11.8. The molecular weight excluding hydrogens is 495 g/mol. The predicted octanol–water partition coefficient (Wildman–Crippen LogP) is 3.38. The van der Waals surface area contributed by atoms with Gasteiger partial charge in [-0.25, -0.2) is 27.8 Å². The summed E-state index contributed by atoms with van der Waals surface area (Å²) in [4.78, 5) is 29.9. The highest BCUT2D eigenvalue weighted by Gasteiger charge is 2.26. The van der Waals surface area contributed by atoms with Crippen molar-refractivity contribution in [3.8, 4) is 11.3 Å². The van der Waals surface area contributed by atoms with Crippen molar-refractivity contribution in [1.29, 1.82) is 0 Å². The average molecular weight is 525 g/mol. The van der Waals surface area contributed by atoms with E-state index in [2.05, 4.69) is 10.3 Å². The molecule has 2 aromatic heterocycles. The van der Waals surface area contributed by atoms with Crippen molar-refractivity contribution >= 4 is 33.1 Å². The van der Waals surface area contributed by atoms with Gasteiger partial charge in [-0.05, 0) is 43.2 Å². The number of anilines is 3. The van der Waals surface area contributed by atoms with Crippen LogP contribution < -0.4 is 10.2 Å². The van der Waals surface area contributed by atoms with Crippen molar-refractivity contribution < 1.29 is 17.6 Å². The molecule has 2 aliphatic heterocycles. The minimum Gasteiger partial charge on any atom is -0.355 e. The molecule has 2 fully saturated rings. The fraction of sp³-hybridized carbons (Fsp3) is 0.385. The lowest BCUT2D eigenvalue weighted by Gasteiger charge is -2.31. The third-order valence-corrected chi connectivity index (χ3v) is 8.39. The first kappa shape index (κ1) is 25.1. The minimum absolute atomic E-state index is 0.0202. The Morgan fingerprint density at radius 3 is 2.59 bits per heavy atom. The highest BCUT2D eigenvalue weighted by atomic mass is 32.2. The Hall–Kier alpha value is -3.60. The van der Waals surface area contributed by atoms with Gasteiger partial charge in [0, 0.05) is 62.5 Å². The van der Waals surface area contributed by atoms with Gasteiger partial charge in [0.15, 0.2) is 9.84 Å². The fourth-order valence-electron chi connectivity index (χ4n) is 4.71. The number of carbonyl (C=O) groups is 1. The van der Waals surface area contributed by atoms with E-state index in [1.165, 1.54) is 12.1 Å². The predicted molar refractivity (Wildman–Crippen MR) is 140 cm³/mol. The zero-order chi connectivity index (χ0) is 26.0. The molecule has 4 heterocycles. The highest BCUT2D eigenvalue weighted by molar-refractivity contribution is 7.91. The Labute approximate surface area is 215 Å². The van der Waals surface area contributed by atoms with E-state index in [1.807, 2.05) is 21.9 Å². The first-order valence-corrected chi connectivity index (χ1v) is 14.2. The van der Waals surface area contributed by atoms with E-state index in [4.69, 9.17) is 9.97 Å². The molecule has 3 aromatic rings. The van der Waals surface area contributed by atoms with Crippen LogP contribution in [0.1, 0.15) is 31.5 Å². The Morgan fingerprint density at radius 1 is 1.08 bits per heavy atom. The van der Waals surface area contributed by atoms with Crippen LogP contribution in [0.25, 0.3) is 11.3 Å². The van der Waals surface area contributed by atoms with E-state index < -0.39 is 9.84 Å². The van der Waals surface area contributed by atoms with Crippen LogP contribution in [0, 0.1) is 5.82 Å². The van der Waals surface area contributed by atoms with Gasteiger partial charge >= 0.3 is 0 Å². The summed E-state index contributed by atoms with van der Waals surface area (Å²) in [7, 11) is -2.97. The quantitative estimate of drug-likeness (QED) is 0.541. The van der Waals surface area contributed by atoms with E-state index in [9.17, 15) is 17.6 Å². The van der Waals surface area contributed by atoms with E-state index in [1.54, 1.807) is 31.3 Å². The first-order chi connectivity index (χ1) is 17.8. The summed E-state index contributed by atoms with van der Waals surface area (Å²) < 4.78 is 37.3. The number of pyridine rings is 1. The number of sulfone groups is 1. The maximum absolute atomic E-state index is 13.8. The van der Waals surface area contributed by atoms with Crippen LogP contribution in [0.2, 0.25) is 0 Å². The lowest BCUT2D eigenvalue weighted by Crippen LogP contribution is -2.40. The van der Waals surface area contributed by atoms with Gasteiger partial charge in [0.05, 0.1) is 17.2 Å². The summed E-state index contributed by atoms with van der Waals surface area (Å²) >= 11 is 0. The van der Waals surface area contributed by atoms with Gasteiger partial charge in [0.25, 0.3) is 0 Å². The van der Waals surface area contributed by atoms with Crippen molar-refractivity contribution in [2.24, 2.45) is 0 Å². The van der Waals surface area contributed by atoms with E-state index in [0.29, 0.717) is 42.7 Å². The molecule has 11 heteroatoms. The Kier molecular flexibility index (Phi) is 7.05. The van der Waals surface area contributed by atoms with Gasteiger partial charge in [-0.2, -0.15) is 0 Å². The van der Waals surface area contributed by atoms with Crippen LogP contribution in [0.5, 0.6) is 0 Å². The minimum atomic E-state index is -2.97. The SMILES string of the molecule is CC(=O)N1CCCC(c2nc(Nc3cccc(F)c3)cc(-c3ccc(N4CCS(=O)(=O)CC4)nc3)n2)C1. The Morgan fingerprint density at radius 2 is 1.89 bits per heavy atom. The molecule has 194 valence electrons. The number of carbonyl (C=O) groups excluding carboxylic acids is 1. The van der Waals surface area contributed by atoms with Crippen LogP contribution in [0.4, 0.5) is 21.7 Å². The molecule has 0 radical (unpaired) electrons. The molecule has 0 spiro atoms. The summed E-state index contributed by atoms with van der Waals surface area (Å²) in [5.74, 6) is 1.77. The summed E-state index contributed by atoms with van der Waals surface area (Å²) in [6.45, 7) is 3.68. The topological polar surface area (TPSA) is 108 Å². The third-order valence-electron chi connectivity index (χ3n) is 6.78. The van der Waals surface area contributed by atoms with Crippen LogP contribution in [-0.2, 0) is 14.6 Å². The van der Waals surface area contributed by atoms with Crippen LogP contribution >= 0.6 is 0 Å². The molecule has 1 aromatic carbocycles. The molecule has 0 aliphatic carbocycles. The van der Waals surface area contributed by atoms with Crippen molar-refractivity contribution in [3.63, 3.8) is 0 Å². The number of rotatable bonds is 5. The standard InChI is InChI=1S/C26H29FN6O3S/c1-18(34)33-9-3-4-20(17-33)26-30-23(15-24(31-26)29-22-6-2-5-21(27)14-22)19-7-8-25(28-16-19)32-10-12-37(35,36)13-11-32/h2,5-8,14-16,20H,3-4,9-13,17H2,1H3,(H,29,30,31). The highest BCUT2D eigenvalue weighted by Crippen LogP contribution is 2.30. The molecule has 9 nitrogen and oxygen atoms in total. The van der Waals surface area contributed by atoms with Crippen LogP contribution in [-0.4, -0.2) is 71.9 Å². The van der Waals surface area contributed by atoms with Gasteiger partial charge < -0.3 is 15.1 Å². The number of aromatic nitrogens is 3. The Bertz CT molecular complexity index is 1390. The zero-order valence-corrected chi connectivity index (χ0v) is 21.4. The molecule has 1 amide bonds. The maximum Gasteiger partial charge on any atom is 0.219 e. The van der Waals surface area contributed by atoms with Gasteiger partial charge in [-0.3, -0.25) is 4.79 Å². The van der Waals surface area contributed by atoms with Crippen LogP contribution in [0.3, 0.4) is 0 Å². The smallest absolute Gasteiger partial charge is 0.219 e. The monoisotopic (exact) mass is 524 g/mol. The van der Waals surface area contributed by atoms with Crippen molar-refractivity contribution in [2.45, 2.75) is 25.7 Å². The number of amides is 1. The summed E-state index contributed by atoms with van der Waals surface area (Å²) in [6, 6.07) is 11.7. The molecule has 37 heavy (non-hydrogen) atoms. The van der Waals surface area contributed by atoms with Gasteiger partial charge in [0.2, 0.25) is 5.91 Å². The second kappa shape index (κ2) is 10.4. The normalized spacial score (nSPS) is 19.5. The lowest BCUT2D eigenvalue weighted by atomic mass is 9.97. The van der Waals surface area contributed by atoms with Gasteiger partial charge in [-0.1, -0.05) is 6.07 Å². The number of piperidine rings is 1. The molecular formula is C26H29FN6O3S. The number of nitrogens with zero attached hydrogens (tertiary/aromatic N) is 5. The van der Waals surface area contributed by atoms with E-state index in [-0.39, 0.29) is 29.1 Å². The second-order valence-electron chi connectivity index (χ2n) is 9.48. The zero-order valence-electron chi connectivity index (χ0n) is 20.6. The maximum atomic E-state index is 13.8. The molecule has 2 saturated heterocycles.